The van der Waals surface area contributed by atoms with E-state index in [1.165, 1.54) is 141 Å². The van der Waals surface area contributed by atoms with Crippen LogP contribution in [0.15, 0.2) is 97.2 Å². The van der Waals surface area contributed by atoms with E-state index >= 15 is 0 Å². The van der Waals surface area contributed by atoms with Crippen LogP contribution in [0.25, 0.3) is 0 Å². The molecule has 0 heterocycles. The van der Waals surface area contributed by atoms with Gasteiger partial charge in [-0.2, -0.15) is 0 Å². The molecule has 0 radical (unpaired) electrons. The number of ether oxygens (including phenoxy) is 2. The second-order valence-corrected chi connectivity index (χ2v) is 18.3. The fourth-order valence-corrected chi connectivity index (χ4v) is 7.71. The van der Waals surface area contributed by atoms with Gasteiger partial charge in [-0.05, 0) is 96.3 Å². The number of hydrogen-bond donors (Lipinski definition) is 1. The summed E-state index contributed by atoms with van der Waals surface area (Å²) in [7, 11) is 0. The summed E-state index contributed by atoms with van der Waals surface area (Å²) in [6.45, 7) is 4.00. The van der Waals surface area contributed by atoms with Gasteiger partial charge in [0.25, 0.3) is 0 Å². The molecule has 0 saturated heterocycles. The highest BCUT2D eigenvalue weighted by molar-refractivity contribution is 5.70. The number of rotatable bonds is 50. The van der Waals surface area contributed by atoms with Crippen molar-refractivity contribution in [3.05, 3.63) is 97.2 Å². The van der Waals surface area contributed by atoms with Crippen molar-refractivity contribution in [3.63, 3.8) is 0 Å². The first-order chi connectivity index (χ1) is 32.6. The highest BCUT2D eigenvalue weighted by atomic mass is 16.6. The normalized spacial score (nSPS) is 13.0. The van der Waals surface area contributed by atoms with Gasteiger partial charge in [0.2, 0.25) is 0 Å². The number of aliphatic hydroxyl groups excluding tert-OH is 1. The zero-order valence-electron chi connectivity index (χ0n) is 43.2. The zero-order chi connectivity index (χ0) is 47.7. The first kappa shape index (κ1) is 62.8. The fourth-order valence-electron chi connectivity index (χ4n) is 7.71. The third kappa shape index (κ3) is 53.4. The molecule has 0 spiro atoms. The molecule has 0 rings (SSSR count). The Labute approximate surface area is 408 Å². The van der Waals surface area contributed by atoms with Crippen molar-refractivity contribution in [1.82, 2.24) is 0 Å². The van der Waals surface area contributed by atoms with E-state index < -0.39 is 6.10 Å². The molecule has 5 heteroatoms. The van der Waals surface area contributed by atoms with Gasteiger partial charge in [-0.15, -0.1) is 0 Å². The van der Waals surface area contributed by atoms with Crippen molar-refractivity contribution in [2.45, 2.75) is 264 Å². The van der Waals surface area contributed by atoms with Crippen LogP contribution in [0.5, 0.6) is 0 Å². The standard InChI is InChI=1S/C61H104O5/c1-3-5-7-9-11-13-15-17-19-21-23-24-25-26-27-28-29-30-31-32-33-34-35-36-38-40-42-44-46-48-50-52-54-56-61(64)66-59(57-62)58-65-60(63)55-53-51-49-47-45-43-41-39-37-22-20-18-16-14-12-10-8-6-4-2/h5,7,11-14,17-20,23-24,26-27,37,39,59,62H,3-4,6,8-10,15-16,21-22,25,28-36,38,40-58H2,1-2H3/b7-5-,13-11-,14-12-,19-17-,20-18-,24-23-,27-26-,39-37-. The first-order valence-electron chi connectivity index (χ1n) is 27.8. The van der Waals surface area contributed by atoms with E-state index in [1.807, 2.05) is 0 Å². The summed E-state index contributed by atoms with van der Waals surface area (Å²) in [6.07, 6.45) is 79.4. The minimum Gasteiger partial charge on any atom is -0.462 e. The van der Waals surface area contributed by atoms with E-state index in [1.54, 1.807) is 0 Å². The maximum atomic E-state index is 12.3. The lowest BCUT2D eigenvalue weighted by molar-refractivity contribution is -0.161. The zero-order valence-corrected chi connectivity index (χ0v) is 43.2. The monoisotopic (exact) mass is 917 g/mol. The largest absolute Gasteiger partial charge is 0.462 e. The van der Waals surface area contributed by atoms with Crippen molar-refractivity contribution in [2.24, 2.45) is 0 Å². The first-order valence-corrected chi connectivity index (χ1v) is 27.8. The van der Waals surface area contributed by atoms with Gasteiger partial charge in [0.15, 0.2) is 6.10 Å². The summed E-state index contributed by atoms with van der Waals surface area (Å²) in [6, 6.07) is 0. The van der Waals surface area contributed by atoms with Crippen molar-refractivity contribution in [3.8, 4) is 0 Å². The molecule has 378 valence electrons. The Morgan fingerprint density at radius 2 is 0.652 bits per heavy atom. The molecular weight excluding hydrogens is 813 g/mol. The van der Waals surface area contributed by atoms with Gasteiger partial charge in [-0.1, -0.05) is 246 Å². The van der Waals surface area contributed by atoms with Crippen molar-refractivity contribution in [2.75, 3.05) is 13.2 Å². The maximum Gasteiger partial charge on any atom is 0.306 e. The molecule has 0 bridgehead atoms. The molecule has 66 heavy (non-hydrogen) atoms. The highest BCUT2D eigenvalue weighted by Crippen LogP contribution is 2.16. The summed E-state index contributed by atoms with van der Waals surface area (Å²) in [4.78, 5) is 24.5. The van der Waals surface area contributed by atoms with Crippen LogP contribution in [0.3, 0.4) is 0 Å². The lowest BCUT2D eigenvalue weighted by atomic mass is 10.0. The SMILES string of the molecule is CC/C=C\C/C=C\C/C=C\C/C=C\C/C=C\CCCCCCCCCCCCCCCCCCCC(=O)OC(CO)COC(=O)CCCCCCCC/C=C\C/C=C\C/C=C\CCCCC. The third-order valence-electron chi connectivity index (χ3n) is 11.9. The highest BCUT2D eigenvalue weighted by Gasteiger charge is 2.16. The number of aliphatic hydroxyl groups is 1. The van der Waals surface area contributed by atoms with Crippen LogP contribution in [0, 0.1) is 0 Å². The Bertz CT molecular complexity index is 1270. The second-order valence-electron chi connectivity index (χ2n) is 18.3. The summed E-state index contributed by atoms with van der Waals surface area (Å²) >= 11 is 0. The summed E-state index contributed by atoms with van der Waals surface area (Å²) in [5.41, 5.74) is 0. The minimum atomic E-state index is -0.782. The number of allylic oxidation sites excluding steroid dienone is 16. The molecule has 0 aliphatic heterocycles. The van der Waals surface area contributed by atoms with E-state index in [4.69, 9.17) is 9.47 Å². The molecule has 0 aromatic heterocycles. The Morgan fingerprint density at radius 1 is 0.364 bits per heavy atom. The van der Waals surface area contributed by atoms with Crippen LogP contribution in [-0.4, -0.2) is 36.4 Å². The molecule has 0 aromatic rings. The van der Waals surface area contributed by atoms with Crippen LogP contribution in [0.2, 0.25) is 0 Å². The van der Waals surface area contributed by atoms with Crippen molar-refractivity contribution < 1.29 is 24.2 Å². The van der Waals surface area contributed by atoms with Crippen molar-refractivity contribution >= 4 is 11.9 Å². The summed E-state index contributed by atoms with van der Waals surface area (Å²) < 4.78 is 10.7. The Balaban J connectivity index is 3.50. The Morgan fingerprint density at radius 3 is 0.985 bits per heavy atom. The van der Waals surface area contributed by atoms with Gasteiger partial charge in [0.05, 0.1) is 6.61 Å². The molecule has 1 unspecified atom stereocenters. The van der Waals surface area contributed by atoms with Gasteiger partial charge >= 0.3 is 11.9 Å². The predicted molar refractivity (Wildman–Crippen MR) is 288 cm³/mol. The lowest BCUT2D eigenvalue weighted by Gasteiger charge is -2.15. The van der Waals surface area contributed by atoms with Crippen LogP contribution >= 0.6 is 0 Å². The number of esters is 2. The Hall–Kier alpha value is -3.18. The molecule has 1 N–H and O–H groups in total. The molecule has 0 aliphatic carbocycles. The molecule has 0 saturated carbocycles. The molecule has 0 aliphatic rings. The van der Waals surface area contributed by atoms with Crippen molar-refractivity contribution in [1.29, 1.82) is 0 Å². The van der Waals surface area contributed by atoms with Gasteiger partial charge < -0.3 is 14.6 Å². The van der Waals surface area contributed by atoms with Crippen LogP contribution in [0.4, 0.5) is 0 Å². The lowest BCUT2D eigenvalue weighted by Crippen LogP contribution is -2.28. The molecule has 0 aromatic carbocycles. The average Bonchev–Trinajstić information content (AvgIpc) is 3.32. The van der Waals surface area contributed by atoms with E-state index in [9.17, 15) is 14.7 Å². The molecule has 5 nitrogen and oxygen atoms in total. The molecular formula is C61H104O5. The van der Waals surface area contributed by atoms with Gasteiger partial charge in [-0.3, -0.25) is 9.59 Å². The number of hydrogen-bond acceptors (Lipinski definition) is 5. The summed E-state index contributed by atoms with van der Waals surface area (Å²) in [5.74, 6) is -0.602. The maximum absolute atomic E-state index is 12.3. The van der Waals surface area contributed by atoms with Gasteiger partial charge in [0.1, 0.15) is 6.61 Å². The van der Waals surface area contributed by atoms with Gasteiger partial charge in [0, 0.05) is 12.8 Å². The van der Waals surface area contributed by atoms with E-state index in [-0.39, 0.29) is 25.2 Å². The third-order valence-corrected chi connectivity index (χ3v) is 11.9. The van der Waals surface area contributed by atoms with E-state index in [0.717, 1.165) is 89.9 Å². The second kappa shape index (κ2) is 56.1. The quantitative estimate of drug-likeness (QED) is 0.0374. The number of carbonyl (C=O) groups excluding carboxylic acids is 2. The predicted octanol–water partition coefficient (Wildman–Crippen LogP) is 18.7. The van der Waals surface area contributed by atoms with E-state index in [0.29, 0.717) is 12.8 Å². The number of unbranched alkanes of at least 4 members (excludes halogenated alkanes) is 26. The van der Waals surface area contributed by atoms with Crippen LogP contribution in [0.1, 0.15) is 258 Å². The number of carbonyl (C=O) groups is 2. The molecule has 1 atom stereocenters. The smallest absolute Gasteiger partial charge is 0.306 e. The van der Waals surface area contributed by atoms with Crippen LogP contribution in [-0.2, 0) is 19.1 Å². The van der Waals surface area contributed by atoms with E-state index in [2.05, 4.69) is 111 Å². The average molecular weight is 917 g/mol. The van der Waals surface area contributed by atoms with Crippen LogP contribution < -0.4 is 0 Å². The minimum absolute atomic E-state index is 0.0749. The summed E-state index contributed by atoms with van der Waals surface area (Å²) in [5, 5.41) is 9.64. The molecule has 0 fully saturated rings. The molecule has 0 amide bonds. The topological polar surface area (TPSA) is 72.8 Å². The fraction of sp³-hybridized carbons (Fsp3) is 0.705. The Kier molecular flexibility index (Phi) is 53.4. The van der Waals surface area contributed by atoms with Gasteiger partial charge in [-0.25, -0.2) is 0 Å².